The monoisotopic (exact) mass is 280 g/mol. The third kappa shape index (κ3) is 17.0. The molecule has 0 amide bonds. The molecular formula is C19H36O. The van der Waals surface area contributed by atoms with E-state index >= 15 is 0 Å². The summed E-state index contributed by atoms with van der Waals surface area (Å²) in [5.74, 6) is 1.28. The minimum Gasteiger partial charge on any atom is -0.508 e. The molecule has 0 aliphatic rings. The molecule has 0 fully saturated rings. The molecule has 1 atom stereocenters. The Labute approximate surface area is 127 Å². The van der Waals surface area contributed by atoms with Crippen LogP contribution in [0.2, 0.25) is 0 Å². The predicted octanol–water partition coefficient (Wildman–Crippen LogP) is 6.73. The standard InChI is InChI=1S/C8H18.C7H8O.C4H10/c1-4-6-7-8(3)5-2;1-6-2-4-7(8)5-3-6;1-3-4-2/h8H,4-7H2,1-3H3;2-5,8H,1H3;3-4H2,1-2H3. The van der Waals surface area contributed by atoms with E-state index < -0.39 is 0 Å². The van der Waals surface area contributed by atoms with Crippen LogP contribution in [0.5, 0.6) is 5.75 Å². The summed E-state index contributed by atoms with van der Waals surface area (Å²) in [5, 5.41) is 8.76. The molecule has 0 aliphatic carbocycles. The van der Waals surface area contributed by atoms with Crippen molar-refractivity contribution in [3.8, 4) is 5.75 Å². The zero-order valence-corrected chi connectivity index (χ0v) is 14.6. The first-order valence-corrected chi connectivity index (χ1v) is 8.27. The van der Waals surface area contributed by atoms with Gasteiger partial charge in [0.05, 0.1) is 0 Å². The molecular weight excluding hydrogens is 244 g/mol. The van der Waals surface area contributed by atoms with Crippen LogP contribution < -0.4 is 0 Å². The van der Waals surface area contributed by atoms with Crippen LogP contribution in [0.25, 0.3) is 0 Å². The van der Waals surface area contributed by atoms with Gasteiger partial charge in [0.1, 0.15) is 5.75 Å². The maximum absolute atomic E-state index is 8.76. The number of aromatic hydroxyl groups is 1. The van der Waals surface area contributed by atoms with Crippen molar-refractivity contribution < 1.29 is 5.11 Å². The molecule has 0 radical (unpaired) electrons. The molecule has 1 aromatic carbocycles. The van der Waals surface area contributed by atoms with Crippen molar-refractivity contribution in [2.45, 2.75) is 80.1 Å². The van der Waals surface area contributed by atoms with E-state index in [4.69, 9.17) is 5.11 Å². The molecule has 20 heavy (non-hydrogen) atoms. The van der Waals surface area contributed by atoms with E-state index in [1.54, 1.807) is 12.1 Å². The summed E-state index contributed by atoms with van der Waals surface area (Å²) in [7, 11) is 0. The van der Waals surface area contributed by atoms with Gasteiger partial charge in [-0.05, 0) is 25.0 Å². The quantitative estimate of drug-likeness (QED) is 0.634. The minimum absolute atomic E-state index is 0.329. The van der Waals surface area contributed by atoms with E-state index in [0.29, 0.717) is 5.75 Å². The number of rotatable bonds is 5. The van der Waals surface area contributed by atoms with Crippen molar-refractivity contribution in [3.05, 3.63) is 29.8 Å². The van der Waals surface area contributed by atoms with E-state index in [9.17, 15) is 0 Å². The van der Waals surface area contributed by atoms with Gasteiger partial charge in [-0.3, -0.25) is 0 Å². The van der Waals surface area contributed by atoms with Crippen LogP contribution in [0.15, 0.2) is 24.3 Å². The highest BCUT2D eigenvalue weighted by atomic mass is 16.3. The van der Waals surface area contributed by atoms with E-state index in [1.807, 2.05) is 19.1 Å². The Morgan fingerprint density at radius 1 is 0.900 bits per heavy atom. The molecule has 1 heteroatoms. The van der Waals surface area contributed by atoms with E-state index in [-0.39, 0.29) is 0 Å². The normalized spacial score (nSPS) is 10.7. The molecule has 0 saturated heterocycles. The highest BCUT2D eigenvalue weighted by Gasteiger charge is 1.94. The van der Waals surface area contributed by atoms with Crippen molar-refractivity contribution in [3.63, 3.8) is 0 Å². The largest absolute Gasteiger partial charge is 0.508 e. The fourth-order valence-electron chi connectivity index (χ4n) is 1.30. The van der Waals surface area contributed by atoms with Crippen LogP contribution in [0, 0.1) is 12.8 Å². The first-order chi connectivity index (χ1) is 9.51. The Balaban J connectivity index is 0. The van der Waals surface area contributed by atoms with Gasteiger partial charge in [0, 0.05) is 0 Å². The van der Waals surface area contributed by atoms with E-state index in [1.165, 1.54) is 44.1 Å². The molecule has 0 bridgehead atoms. The van der Waals surface area contributed by atoms with Gasteiger partial charge in [-0.25, -0.2) is 0 Å². The molecule has 118 valence electrons. The topological polar surface area (TPSA) is 20.2 Å². The van der Waals surface area contributed by atoms with Crippen molar-refractivity contribution in [1.82, 2.24) is 0 Å². The molecule has 1 unspecified atom stereocenters. The van der Waals surface area contributed by atoms with Gasteiger partial charge in [0.25, 0.3) is 0 Å². The number of phenols is 1. The van der Waals surface area contributed by atoms with Gasteiger partial charge in [-0.1, -0.05) is 90.8 Å². The van der Waals surface area contributed by atoms with E-state index in [0.717, 1.165) is 5.92 Å². The van der Waals surface area contributed by atoms with Crippen LogP contribution in [0.1, 0.15) is 78.7 Å². The number of phenolic OH excluding ortho intramolecular Hbond substituents is 1. The van der Waals surface area contributed by atoms with Crippen LogP contribution >= 0.6 is 0 Å². The van der Waals surface area contributed by atoms with Crippen LogP contribution in [0.3, 0.4) is 0 Å². The van der Waals surface area contributed by atoms with Crippen molar-refractivity contribution >= 4 is 0 Å². The van der Waals surface area contributed by atoms with Gasteiger partial charge in [0.15, 0.2) is 0 Å². The Bertz CT molecular complexity index is 253. The second-order valence-corrected chi connectivity index (χ2v) is 5.49. The number of hydrogen-bond acceptors (Lipinski definition) is 1. The number of hydrogen-bond donors (Lipinski definition) is 1. The highest BCUT2D eigenvalue weighted by molar-refractivity contribution is 5.24. The van der Waals surface area contributed by atoms with E-state index in [2.05, 4.69) is 34.6 Å². The molecule has 1 nitrogen and oxygen atoms in total. The smallest absolute Gasteiger partial charge is 0.115 e. The summed E-state index contributed by atoms with van der Waals surface area (Å²) in [6.45, 7) is 13.2. The zero-order valence-electron chi connectivity index (χ0n) is 14.6. The van der Waals surface area contributed by atoms with Gasteiger partial charge < -0.3 is 5.11 Å². The van der Waals surface area contributed by atoms with Gasteiger partial charge in [-0.15, -0.1) is 0 Å². The van der Waals surface area contributed by atoms with Gasteiger partial charge >= 0.3 is 0 Å². The molecule has 0 saturated carbocycles. The maximum Gasteiger partial charge on any atom is 0.115 e. The lowest BCUT2D eigenvalue weighted by atomic mass is 10.0. The SMILES string of the molecule is CCCC.CCCCC(C)CC.Cc1ccc(O)cc1. The fraction of sp³-hybridized carbons (Fsp3) is 0.684. The lowest BCUT2D eigenvalue weighted by Crippen LogP contribution is -1.89. The summed E-state index contributed by atoms with van der Waals surface area (Å²) in [6, 6.07) is 7.09. The second-order valence-electron chi connectivity index (χ2n) is 5.49. The van der Waals surface area contributed by atoms with Crippen molar-refractivity contribution in [1.29, 1.82) is 0 Å². The second kappa shape index (κ2) is 16.1. The van der Waals surface area contributed by atoms with Crippen LogP contribution in [-0.2, 0) is 0 Å². The highest BCUT2D eigenvalue weighted by Crippen LogP contribution is 2.09. The maximum atomic E-state index is 8.76. The van der Waals surface area contributed by atoms with Crippen molar-refractivity contribution in [2.75, 3.05) is 0 Å². The zero-order chi connectivity index (χ0) is 15.8. The Hall–Kier alpha value is -0.980. The Kier molecular flexibility index (Phi) is 17.1. The first kappa shape index (κ1) is 21.3. The lowest BCUT2D eigenvalue weighted by molar-refractivity contribution is 0.475. The summed E-state index contributed by atoms with van der Waals surface area (Å²) in [6.07, 6.45) is 8.17. The van der Waals surface area contributed by atoms with Gasteiger partial charge in [0.2, 0.25) is 0 Å². The number of aryl methyl sites for hydroxylation is 1. The summed E-state index contributed by atoms with van der Waals surface area (Å²) < 4.78 is 0. The number of benzene rings is 1. The molecule has 1 N–H and O–H groups in total. The molecule has 0 spiro atoms. The summed E-state index contributed by atoms with van der Waals surface area (Å²) in [4.78, 5) is 0. The van der Waals surface area contributed by atoms with Crippen molar-refractivity contribution in [2.24, 2.45) is 5.92 Å². The Morgan fingerprint density at radius 3 is 1.70 bits per heavy atom. The minimum atomic E-state index is 0.329. The first-order valence-electron chi connectivity index (χ1n) is 8.27. The average molecular weight is 280 g/mol. The third-order valence-electron chi connectivity index (χ3n) is 3.28. The summed E-state index contributed by atoms with van der Waals surface area (Å²) >= 11 is 0. The number of unbranched alkanes of at least 4 members (excludes halogenated alkanes) is 2. The Morgan fingerprint density at radius 2 is 1.40 bits per heavy atom. The van der Waals surface area contributed by atoms with Crippen LogP contribution in [0.4, 0.5) is 0 Å². The fourth-order valence-corrected chi connectivity index (χ4v) is 1.30. The molecule has 0 heterocycles. The van der Waals surface area contributed by atoms with Gasteiger partial charge in [-0.2, -0.15) is 0 Å². The molecule has 0 aliphatic heterocycles. The molecule has 1 aromatic rings. The summed E-state index contributed by atoms with van der Waals surface area (Å²) in [5.41, 5.74) is 1.17. The lowest BCUT2D eigenvalue weighted by Gasteiger charge is -2.04. The third-order valence-corrected chi connectivity index (χ3v) is 3.28. The molecule has 0 aromatic heterocycles. The predicted molar refractivity (Wildman–Crippen MR) is 92.4 cm³/mol. The van der Waals surface area contributed by atoms with Crippen LogP contribution in [-0.4, -0.2) is 5.11 Å². The molecule has 1 rings (SSSR count). The average Bonchev–Trinajstić information content (AvgIpc) is 2.48.